The average molecular weight is 610 g/mol. The summed E-state index contributed by atoms with van der Waals surface area (Å²) in [6.07, 6.45) is 2.98. The highest BCUT2D eigenvalue weighted by Gasteiger charge is 2.16. The van der Waals surface area contributed by atoms with Gasteiger partial charge in [-0.25, -0.2) is 18.2 Å². The molecule has 0 saturated heterocycles. The molecule has 42 heavy (non-hydrogen) atoms. The number of benzene rings is 2. The molecule has 0 bridgehead atoms. The molecule has 0 aliphatic rings. The molecule has 3 N–H and O–H groups in total. The topological polar surface area (TPSA) is 148 Å². The predicted octanol–water partition coefficient (Wildman–Crippen LogP) is 4.48. The maximum Gasteiger partial charge on any atom is 0.407 e. The van der Waals surface area contributed by atoms with E-state index in [0.717, 1.165) is 32.5 Å². The molecule has 13 heteroatoms. The highest BCUT2D eigenvalue weighted by atomic mass is 32.2. The summed E-state index contributed by atoms with van der Waals surface area (Å²) >= 11 is 1.25. The van der Waals surface area contributed by atoms with Crippen molar-refractivity contribution in [2.24, 2.45) is 0 Å². The van der Waals surface area contributed by atoms with Crippen molar-refractivity contribution in [3.05, 3.63) is 83.5 Å². The van der Waals surface area contributed by atoms with Crippen LogP contribution in [0.5, 0.6) is 0 Å². The Balaban J connectivity index is 1.35. The fourth-order valence-electron chi connectivity index (χ4n) is 3.81. The van der Waals surface area contributed by atoms with Crippen LogP contribution in [0.3, 0.4) is 0 Å². The van der Waals surface area contributed by atoms with E-state index in [1.807, 2.05) is 74.7 Å². The van der Waals surface area contributed by atoms with E-state index >= 15 is 0 Å². The molecule has 2 heterocycles. The Morgan fingerprint density at radius 1 is 0.976 bits per heavy atom. The van der Waals surface area contributed by atoms with E-state index in [1.54, 1.807) is 0 Å². The first-order valence-corrected chi connectivity index (χ1v) is 15.6. The molecular formula is C29H31N5O6S2. The van der Waals surface area contributed by atoms with Crippen LogP contribution < -0.4 is 16.0 Å². The number of amides is 3. The van der Waals surface area contributed by atoms with E-state index in [2.05, 4.69) is 20.9 Å². The summed E-state index contributed by atoms with van der Waals surface area (Å²) in [6, 6.07) is 17.0. The zero-order valence-corrected chi connectivity index (χ0v) is 25.1. The number of thiazole rings is 1. The molecule has 0 aliphatic heterocycles. The number of hydrogen-bond acceptors (Lipinski definition) is 8. The Bertz CT molecular complexity index is 1720. The first-order chi connectivity index (χ1) is 19.8. The molecule has 0 spiro atoms. The van der Waals surface area contributed by atoms with Gasteiger partial charge in [-0.2, -0.15) is 0 Å². The second-order valence-electron chi connectivity index (χ2n) is 10.4. The Morgan fingerprint density at radius 2 is 1.67 bits per heavy atom. The van der Waals surface area contributed by atoms with E-state index in [-0.39, 0.29) is 12.1 Å². The summed E-state index contributed by atoms with van der Waals surface area (Å²) in [6.45, 7) is 5.45. The third kappa shape index (κ3) is 8.51. The first-order valence-electron chi connectivity index (χ1n) is 12.9. The van der Waals surface area contributed by atoms with Gasteiger partial charge in [-0.3, -0.25) is 13.6 Å². The van der Waals surface area contributed by atoms with Gasteiger partial charge in [-0.05, 0) is 55.7 Å². The van der Waals surface area contributed by atoms with Crippen molar-refractivity contribution in [1.82, 2.24) is 19.6 Å². The van der Waals surface area contributed by atoms with Gasteiger partial charge in [0, 0.05) is 29.9 Å². The van der Waals surface area contributed by atoms with E-state index in [9.17, 15) is 22.8 Å². The maximum absolute atomic E-state index is 12.4. The van der Waals surface area contributed by atoms with Crippen LogP contribution >= 0.6 is 11.3 Å². The number of alkyl carbamates (subject to hydrolysis) is 1. The number of nitrogens with one attached hydrogen (secondary N) is 3. The Hall–Kier alpha value is -4.49. The zero-order valence-electron chi connectivity index (χ0n) is 23.5. The van der Waals surface area contributed by atoms with Gasteiger partial charge >= 0.3 is 6.09 Å². The number of carbonyl (C=O) groups excluding carboxylic acids is 3. The summed E-state index contributed by atoms with van der Waals surface area (Å²) in [7, 11) is -3.51. The van der Waals surface area contributed by atoms with Crippen molar-refractivity contribution in [2.75, 3.05) is 18.1 Å². The molecule has 0 aliphatic carbocycles. The van der Waals surface area contributed by atoms with Crippen molar-refractivity contribution in [1.29, 1.82) is 0 Å². The van der Waals surface area contributed by atoms with Crippen molar-refractivity contribution in [3.63, 3.8) is 0 Å². The third-order valence-corrected chi connectivity index (χ3v) is 7.48. The molecule has 0 atom stereocenters. The van der Waals surface area contributed by atoms with Crippen molar-refractivity contribution in [3.8, 4) is 22.4 Å². The normalized spacial score (nSPS) is 11.5. The summed E-state index contributed by atoms with van der Waals surface area (Å²) in [5, 5.41) is 10.1. The molecule has 220 valence electrons. The smallest absolute Gasteiger partial charge is 0.407 e. The van der Waals surface area contributed by atoms with Crippen LogP contribution in [-0.4, -0.2) is 53.7 Å². The number of aromatic nitrogens is 2. The summed E-state index contributed by atoms with van der Waals surface area (Å²) in [5.41, 5.74) is 3.91. The van der Waals surface area contributed by atoms with Gasteiger partial charge in [0.25, 0.3) is 5.91 Å². The van der Waals surface area contributed by atoms with Gasteiger partial charge in [-0.15, -0.1) is 11.3 Å². The molecule has 0 radical (unpaired) electrons. The van der Waals surface area contributed by atoms with Gasteiger partial charge in [0.1, 0.15) is 5.60 Å². The molecule has 2 aromatic heterocycles. The number of ether oxygens (including phenoxy) is 1. The lowest BCUT2D eigenvalue weighted by atomic mass is 10.0. The number of hydrogen-bond donors (Lipinski definition) is 3. The van der Waals surface area contributed by atoms with Crippen LogP contribution in [0.25, 0.3) is 22.4 Å². The minimum atomic E-state index is -3.51. The van der Waals surface area contributed by atoms with Gasteiger partial charge in [-0.1, -0.05) is 36.4 Å². The van der Waals surface area contributed by atoms with Crippen LogP contribution in [0.1, 0.15) is 36.7 Å². The monoisotopic (exact) mass is 609 g/mol. The molecule has 0 unspecified atom stereocenters. The minimum absolute atomic E-state index is 0.120. The molecule has 4 aromatic rings. The fourth-order valence-corrected chi connectivity index (χ4v) is 5.14. The summed E-state index contributed by atoms with van der Waals surface area (Å²) in [5.74, 6) is -1.05. The Morgan fingerprint density at radius 3 is 2.36 bits per heavy atom. The third-order valence-electron chi connectivity index (χ3n) is 5.73. The van der Waals surface area contributed by atoms with Crippen molar-refractivity contribution < 1.29 is 27.5 Å². The van der Waals surface area contributed by atoms with Crippen molar-refractivity contribution >= 4 is 44.4 Å². The lowest BCUT2D eigenvalue weighted by molar-refractivity contribution is -0.115. The molecule has 0 fully saturated rings. The van der Waals surface area contributed by atoms with E-state index < -0.39 is 33.5 Å². The number of nitrogens with zero attached hydrogens (tertiary/aromatic N) is 2. The number of carbonyl (C=O) groups is 3. The number of rotatable bonds is 9. The lowest BCUT2D eigenvalue weighted by Gasteiger charge is -2.19. The second-order valence-corrected chi connectivity index (χ2v) is 13.1. The molecule has 2 aromatic carbocycles. The van der Waals surface area contributed by atoms with Crippen LogP contribution in [-0.2, 0) is 26.1 Å². The minimum Gasteiger partial charge on any atom is -0.444 e. The lowest BCUT2D eigenvalue weighted by Crippen LogP contribution is -2.32. The predicted molar refractivity (Wildman–Crippen MR) is 162 cm³/mol. The number of anilines is 1. The molecule has 3 amide bonds. The van der Waals surface area contributed by atoms with Gasteiger partial charge < -0.3 is 20.7 Å². The highest BCUT2D eigenvalue weighted by molar-refractivity contribution is 7.89. The highest BCUT2D eigenvalue weighted by Crippen LogP contribution is 2.29. The maximum atomic E-state index is 12.4. The van der Waals surface area contributed by atoms with Gasteiger partial charge in [0.15, 0.2) is 5.13 Å². The summed E-state index contributed by atoms with van der Waals surface area (Å²) in [4.78, 5) is 41.2. The standard InChI is InChI=1S/C29H31N5O6S2/c1-29(2,3)40-28(37)31-15-19-7-5-8-20(13-19)21-9-6-10-22(14-21)24-18-41-27(32-24)33-25(35)16-30-26(36)23-11-12-34(17-23)42(4,38)39/h5-14,17-18H,15-16H2,1-4H3,(H,30,36)(H,31,37)(H,32,33,35). The SMILES string of the molecule is CC(C)(C)OC(=O)NCc1cccc(-c2cccc(-c3csc(NC(=O)CNC(=O)c4ccn(S(C)(=O)=O)c4)n3)c2)c1. The molecular weight excluding hydrogens is 578 g/mol. The molecule has 11 nitrogen and oxygen atoms in total. The summed E-state index contributed by atoms with van der Waals surface area (Å²) < 4.78 is 29.4. The van der Waals surface area contributed by atoms with E-state index in [4.69, 9.17) is 4.74 Å². The Kier molecular flexibility index (Phi) is 9.12. The Labute approximate surface area is 248 Å². The van der Waals surface area contributed by atoms with Gasteiger partial charge in [0.05, 0.1) is 24.1 Å². The quantitative estimate of drug-likeness (QED) is 0.253. The molecule has 4 rings (SSSR count). The second kappa shape index (κ2) is 12.6. The zero-order chi connectivity index (χ0) is 30.5. The average Bonchev–Trinajstić information content (AvgIpc) is 3.61. The largest absolute Gasteiger partial charge is 0.444 e. The first kappa shape index (κ1) is 30.5. The molecule has 0 saturated carbocycles. The van der Waals surface area contributed by atoms with Gasteiger partial charge in [0.2, 0.25) is 15.9 Å². The van der Waals surface area contributed by atoms with Crippen LogP contribution in [0.15, 0.2) is 72.4 Å². The van der Waals surface area contributed by atoms with E-state index in [0.29, 0.717) is 17.4 Å². The van der Waals surface area contributed by atoms with Crippen LogP contribution in [0.2, 0.25) is 0 Å². The van der Waals surface area contributed by atoms with Crippen LogP contribution in [0, 0.1) is 0 Å². The van der Waals surface area contributed by atoms with Crippen LogP contribution in [0.4, 0.5) is 9.93 Å². The fraction of sp³-hybridized carbons (Fsp3) is 0.241. The van der Waals surface area contributed by atoms with E-state index in [1.165, 1.54) is 29.8 Å². The van der Waals surface area contributed by atoms with Crippen molar-refractivity contribution in [2.45, 2.75) is 32.9 Å².